The summed E-state index contributed by atoms with van der Waals surface area (Å²) >= 11 is 4.82. The standard InChI is InChI=1S/C10H18N2OS/c1-2-12(7-9(11)14)10(13)8-5-3-4-6-8/h8H,2-7H2,1H3,(H2,11,14). The van der Waals surface area contributed by atoms with Gasteiger partial charge in [-0.25, -0.2) is 0 Å². The molecule has 1 aliphatic carbocycles. The van der Waals surface area contributed by atoms with Crippen LogP contribution in [-0.2, 0) is 4.79 Å². The van der Waals surface area contributed by atoms with E-state index in [0.717, 1.165) is 12.8 Å². The zero-order valence-corrected chi connectivity index (χ0v) is 9.48. The predicted octanol–water partition coefficient (Wildman–Crippen LogP) is 1.31. The van der Waals surface area contributed by atoms with Gasteiger partial charge in [-0.05, 0) is 19.8 Å². The molecule has 0 bridgehead atoms. The summed E-state index contributed by atoms with van der Waals surface area (Å²) in [7, 11) is 0. The molecule has 0 aliphatic heterocycles. The highest BCUT2D eigenvalue weighted by Crippen LogP contribution is 2.26. The molecule has 2 N–H and O–H groups in total. The Morgan fingerprint density at radius 3 is 2.50 bits per heavy atom. The zero-order chi connectivity index (χ0) is 10.6. The molecule has 0 aromatic rings. The van der Waals surface area contributed by atoms with Gasteiger partial charge in [0, 0.05) is 12.5 Å². The van der Waals surface area contributed by atoms with Crippen LogP contribution in [0.4, 0.5) is 0 Å². The highest BCUT2D eigenvalue weighted by atomic mass is 32.1. The van der Waals surface area contributed by atoms with Crippen LogP contribution in [0.5, 0.6) is 0 Å². The van der Waals surface area contributed by atoms with Crippen LogP contribution in [0.2, 0.25) is 0 Å². The maximum absolute atomic E-state index is 11.9. The molecule has 1 aliphatic rings. The largest absolute Gasteiger partial charge is 0.392 e. The Bertz CT molecular complexity index is 224. The molecule has 1 saturated carbocycles. The molecular weight excluding hydrogens is 196 g/mol. The summed E-state index contributed by atoms with van der Waals surface area (Å²) in [5, 5.41) is 0. The van der Waals surface area contributed by atoms with Crippen LogP contribution in [-0.4, -0.2) is 28.9 Å². The molecule has 0 heterocycles. The molecule has 14 heavy (non-hydrogen) atoms. The van der Waals surface area contributed by atoms with Crippen LogP contribution in [0.1, 0.15) is 32.6 Å². The quantitative estimate of drug-likeness (QED) is 0.718. The van der Waals surface area contributed by atoms with E-state index in [1.54, 1.807) is 4.90 Å². The minimum Gasteiger partial charge on any atom is -0.392 e. The van der Waals surface area contributed by atoms with Crippen molar-refractivity contribution in [3.05, 3.63) is 0 Å². The number of likely N-dealkylation sites (N-methyl/N-ethyl adjacent to an activating group) is 1. The van der Waals surface area contributed by atoms with Gasteiger partial charge in [-0.15, -0.1) is 0 Å². The van der Waals surface area contributed by atoms with Crippen LogP contribution in [0.15, 0.2) is 0 Å². The molecule has 0 saturated heterocycles. The van der Waals surface area contributed by atoms with Crippen molar-refractivity contribution in [1.82, 2.24) is 4.90 Å². The number of hydrogen-bond acceptors (Lipinski definition) is 2. The molecule has 4 heteroatoms. The maximum atomic E-state index is 11.9. The van der Waals surface area contributed by atoms with Gasteiger partial charge in [0.1, 0.15) is 0 Å². The van der Waals surface area contributed by atoms with Gasteiger partial charge in [-0.2, -0.15) is 0 Å². The average molecular weight is 214 g/mol. The summed E-state index contributed by atoms with van der Waals surface area (Å²) in [5.74, 6) is 0.460. The van der Waals surface area contributed by atoms with Crippen molar-refractivity contribution < 1.29 is 4.79 Å². The number of rotatable bonds is 4. The van der Waals surface area contributed by atoms with E-state index in [4.69, 9.17) is 18.0 Å². The SMILES string of the molecule is CCN(CC(N)=S)C(=O)C1CCCC1. The Morgan fingerprint density at radius 2 is 2.07 bits per heavy atom. The predicted molar refractivity (Wildman–Crippen MR) is 61.0 cm³/mol. The average Bonchev–Trinajstić information content (AvgIpc) is 2.65. The second-order valence-corrected chi connectivity index (χ2v) is 4.32. The first-order chi connectivity index (χ1) is 6.65. The number of hydrogen-bond donors (Lipinski definition) is 1. The number of thiocarbonyl (C=S) groups is 1. The lowest BCUT2D eigenvalue weighted by atomic mass is 10.1. The Balaban J connectivity index is 2.50. The number of nitrogens with two attached hydrogens (primary N) is 1. The molecular formula is C10H18N2OS. The highest BCUT2D eigenvalue weighted by molar-refractivity contribution is 7.80. The van der Waals surface area contributed by atoms with Gasteiger partial charge < -0.3 is 10.6 Å². The lowest BCUT2D eigenvalue weighted by Crippen LogP contribution is -2.40. The fraction of sp³-hybridized carbons (Fsp3) is 0.800. The number of carbonyl (C=O) groups excluding carboxylic acids is 1. The van der Waals surface area contributed by atoms with Gasteiger partial charge in [0.05, 0.1) is 11.5 Å². The monoisotopic (exact) mass is 214 g/mol. The first-order valence-electron chi connectivity index (χ1n) is 5.22. The molecule has 0 unspecified atom stereocenters. The number of carbonyl (C=O) groups is 1. The normalized spacial score (nSPS) is 16.9. The molecule has 3 nitrogen and oxygen atoms in total. The van der Waals surface area contributed by atoms with Gasteiger partial charge in [0.25, 0.3) is 0 Å². The molecule has 0 atom stereocenters. The van der Waals surface area contributed by atoms with Gasteiger partial charge in [0.15, 0.2) is 0 Å². The van der Waals surface area contributed by atoms with E-state index < -0.39 is 0 Å². The fourth-order valence-corrected chi connectivity index (χ4v) is 2.12. The Hall–Kier alpha value is -0.640. The van der Waals surface area contributed by atoms with Crippen molar-refractivity contribution in [3.8, 4) is 0 Å². The number of amides is 1. The minimum atomic E-state index is 0.226. The van der Waals surface area contributed by atoms with Crippen molar-refractivity contribution in [3.63, 3.8) is 0 Å². The van der Waals surface area contributed by atoms with Crippen molar-refractivity contribution in [2.75, 3.05) is 13.1 Å². The Labute approximate surface area is 90.6 Å². The van der Waals surface area contributed by atoms with Crippen molar-refractivity contribution in [2.24, 2.45) is 11.7 Å². The van der Waals surface area contributed by atoms with E-state index >= 15 is 0 Å². The lowest BCUT2D eigenvalue weighted by molar-refractivity contribution is -0.134. The molecule has 0 radical (unpaired) electrons. The lowest BCUT2D eigenvalue weighted by Gasteiger charge is -2.23. The van der Waals surface area contributed by atoms with Crippen LogP contribution >= 0.6 is 12.2 Å². The van der Waals surface area contributed by atoms with E-state index in [2.05, 4.69) is 0 Å². The van der Waals surface area contributed by atoms with E-state index in [1.807, 2.05) is 6.92 Å². The summed E-state index contributed by atoms with van der Waals surface area (Å²) < 4.78 is 0. The van der Waals surface area contributed by atoms with Crippen LogP contribution < -0.4 is 5.73 Å². The van der Waals surface area contributed by atoms with Gasteiger partial charge in [-0.3, -0.25) is 4.79 Å². The second-order valence-electron chi connectivity index (χ2n) is 3.80. The first kappa shape index (κ1) is 11.4. The third-order valence-corrected chi connectivity index (χ3v) is 2.87. The molecule has 0 spiro atoms. The fourth-order valence-electron chi connectivity index (χ4n) is 1.96. The molecule has 0 aromatic carbocycles. The molecule has 1 rings (SSSR count). The third-order valence-electron chi connectivity index (χ3n) is 2.74. The number of nitrogens with zero attached hydrogens (tertiary/aromatic N) is 1. The van der Waals surface area contributed by atoms with Crippen molar-refractivity contribution >= 4 is 23.1 Å². The maximum Gasteiger partial charge on any atom is 0.226 e. The molecule has 1 fully saturated rings. The summed E-state index contributed by atoms with van der Waals surface area (Å²) in [4.78, 5) is 14.1. The summed E-state index contributed by atoms with van der Waals surface area (Å²) in [6, 6.07) is 0. The molecule has 1 amide bonds. The second kappa shape index (κ2) is 5.29. The molecule has 0 aromatic heterocycles. The highest BCUT2D eigenvalue weighted by Gasteiger charge is 2.26. The molecule has 80 valence electrons. The van der Waals surface area contributed by atoms with Crippen molar-refractivity contribution in [2.45, 2.75) is 32.6 Å². The first-order valence-corrected chi connectivity index (χ1v) is 5.63. The van der Waals surface area contributed by atoms with Crippen LogP contribution in [0.25, 0.3) is 0 Å². The van der Waals surface area contributed by atoms with Gasteiger partial charge >= 0.3 is 0 Å². The third kappa shape index (κ3) is 2.94. The summed E-state index contributed by atoms with van der Waals surface area (Å²) in [5.41, 5.74) is 5.44. The minimum absolute atomic E-state index is 0.226. The van der Waals surface area contributed by atoms with E-state index in [0.29, 0.717) is 18.1 Å². The van der Waals surface area contributed by atoms with E-state index in [9.17, 15) is 4.79 Å². The summed E-state index contributed by atoms with van der Waals surface area (Å²) in [6.45, 7) is 3.10. The van der Waals surface area contributed by atoms with Gasteiger partial charge in [0.2, 0.25) is 5.91 Å². The smallest absolute Gasteiger partial charge is 0.226 e. The van der Waals surface area contributed by atoms with Crippen LogP contribution in [0.3, 0.4) is 0 Å². The Kier molecular flexibility index (Phi) is 4.32. The Morgan fingerprint density at radius 1 is 1.50 bits per heavy atom. The van der Waals surface area contributed by atoms with E-state index in [1.165, 1.54) is 12.8 Å². The van der Waals surface area contributed by atoms with Crippen molar-refractivity contribution in [1.29, 1.82) is 0 Å². The summed E-state index contributed by atoms with van der Waals surface area (Å²) in [6.07, 6.45) is 4.43. The van der Waals surface area contributed by atoms with E-state index in [-0.39, 0.29) is 11.8 Å². The topological polar surface area (TPSA) is 46.3 Å². The van der Waals surface area contributed by atoms with Gasteiger partial charge in [-0.1, -0.05) is 25.1 Å². The zero-order valence-electron chi connectivity index (χ0n) is 8.66. The van der Waals surface area contributed by atoms with Crippen LogP contribution in [0, 0.1) is 5.92 Å².